The van der Waals surface area contributed by atoms with Crippen molar-refractivity contribution in [2.24, 2.45) is 0 Å². The van der Waals surface area contributed by atoms with Crippen molar-refractivity contribution in [1.29, 1.82) is 0 Å². The molecule has 0 fully saturated rings. The summed E-state index contributed by atoms with van der Waals surface area (Å²) in [6.07, 6.45) is 2.04. The average Bonchev–Trinajstić information content (AvgIpc) is 3.08. The maximum atomic E-state index is 11.9. The number of carbonyl (C=O) groups is 1. The summed E-state index contributed by atoms with van der Waals surface area (Å²) in [5.74, 6) is -0.685. The van der Waals surface area contributed by atoms with Crippen molar-refractivity contribution in [1.82, 2.24) is 14.8 Å². The first kappa shape index (κ1) is 14.8. The summed E-state index contributed by atoms with van der Waals surface area (Å²) in [4.78, 5) is 23.7. The Kier molecular flexibility index (Phi) is 4.25. The molecule has 1 aromatic carbocycles. The highest BCUT2D eigenvalue weighted by molar-refractivity contribution is 8.00. The van der Waals surface area contributed by atoms with E-state index in [4.69, 9.17) is 4.42 Å². The largest absolute Gasteiger partial charge is 0.419 e. The molecule has 0 bridgehead atoms. The van der Waals surface area contributed by atoms with Gasteiger partial charge >= 0.3 is 5.76 Å². The molecular formula is C13H12N4O3S2. The van der Waals surface area contributed by atoms with Crippen LogP contribution in [0.1, 0.15) is 6.42 Å². The summed E-state index contributed by atoms with van der Waals surface area (Å²) in [6.45, 7) is 0.246. The van der Waals surface area contributed by atoms with Crippen LogP contribution in [0.15, 0.2) is 37.8 Å². The van der Waals surface area contributed by atoms with Crippen molar-refractivity contribution in [2.75, 3.05) is 11.6 Å². The zero-order chi connectivity index (χ0) is 15.5. The molecule has 114 valence electrons. The first-order valence-electron chi connectivity index (χ1n) is 6.43. The first-order chi connectivity index (χ1) is 10.7. The van der Waals surface area contributed by atoms with Crippen LogP contribution in [-0.4, -0.2) is 26.9 Å². The van der Waals surface area contributed by atoms with Gasteiger partial charge in [0.15, 0.2) is 9.92 Å². The summed E-state index contributed by atoms with van der Waals surface area (Å²) >= 11 is 2.78. The van der Waals surface area contributed by atoms with Crippen LogP contribution in [0.4, 0.5) is 5.13 Å². The number of benzene rings is 1. The van der Waals surface area contributed by atoms with Crippen LogP contribution in [0.25, 0.3) is 11.1 Å². The summed E-state index contributed by atoms with van der Waals surface area (Å²) < 4.78 is 7.35. The maximum Gasteiger partial charge on any atom is 0.419 e. The van der Waals surface area contributed by atoms with Crippen LogP contribution in [0.2, 0.25) is 0 Å². The zero-order valence-electron chi connectivity index (χ0n) is 11.6. The van der Waals surface area contributed by atoms with Crippen molar-refractivity contribution in [2.45, 2.75) is 17.3 Å². The van der Waals surface area contributed by atoms with Gasteiger partial charge in [0.25, 0.3) is 0 Å². The highest BCUT2D eigenvalue weighted by atomic mass is 32.2. The van der Waals surface area contributed by atoms with Crippen molar-refractivity contribution in [3.05, 3.63) is 34.8 Å². The number of hydrogen-bond donors (Lipinski definition) is 1. The third kappa shape index (κ3) is 3.04. The number of anilines is 1. The Labute approximate surface area is 133 Å². The minimum atomic E-state index is -0.463. The average molecular weight is 336 g/mol. The van der Waals surface area contributed by atoms with Gasteiger partial charge in [0.1, 0.15) is 0 Å². The molecule has 3 aromatic rings. The van der Waals surface area contributed by atoms with Crippen molar-refractivity contribution < 1.29 is 9.21 Å². The standard InChI is InChI=1S/C13H12N4O3S2/c1-21-12-16-15-11(22-12)14-10(18)6-7-17-8-4-2-3-5-9(8)20-13(17)19/h2-5H,6-7H2,1H3,(H,14,15,18). The summed E-state index contributed by atoms with van der Waals surface area (Å²) in [6, 6.07) is 7.12. The highest BCUT2D eigenvalue weighted by Gasteiger charge is 2.12. The zero-order valence-corrected chi connectivity index (χ0v) is 13.2. The van der Waals surface area contributed by atoms with Crippen LogP contribution < -0.4 is 11.1 Å². The number of amides is 1. The van der Waals surface area contributed by atoms with Crippen LogP contribution in [0, 0.1) is 0 Å². The number of hydrogen-bond acceptors (Lipinski definition) is 7. The fraction of sp³-hybridized carbons (Fsp3) is 0.231. The molecule has 0 saturated heterocycles. The topological polar surface area (TPSA) is 90.0 Å². The molecule has 9 heteroatoms. The lowest BCUT2D eigenvalue weighted by Crippen LogP contribution is -2.19. The van der Waals surface area contributed by atoms with Gasteiger partial charge < -0.3 is 9.73 Å². The fourth-order valence-corrected chi connectivity index (χ4v) is 3.15. The Morgan fingerprint density at radius 2 is 2.23 bits per heavy atom. The number of nitrogens with one attached hydrogen (secondary N) is 1. The second-order valence-corrected chi connectivity index (χ2v) is 6.39. The summed E-state index contributed by atoms with van der Waals surface area (Å²) in [5.41, 5.74) is 1.20. The molecule has 2 heterocycles. The van der Waals surface area contributed by atoms with E-state index in [1.807, 2.05) is 12.3 Å². The molecule has 0 atom stereocenters. The van der Waals surface area contributed by atoms with Crippen LogP contribution in [-0.2, 0) is 11.3 Å². The number of rotatable bonds is 5. The lowest BCUT2D eigenvalue weighted by Gasteiger charge is -2.02. The SMILES string of the molecule is CSc1nnc(NC(=O)CCn2c(=O)oc3ccccc32)s1. The van der Waals surface area contributed by atoms with Crippen molar-refractivity contribution >= 4 is 45.2 Å². The van der Waals surface area contributed by atoms with Gasteiger partial charge in [0.2, 0.25) is 11.0 Å². The van der Waals surface area contributed by atoms with E-state index >= 15 is 0 Å². The van der Waals surface area contributed by atoms with Gasteiger partial charge in [0, 0.05) is 13.0 Å². The van der Waals surface area contributed by atoms with Gasteiger partial charge in [-0.05, 0) is 18.4 Å². The van der Waals surface area contributed by atoms with Crippen molar-refractivity contribution in [3.63, 3.8) is 0 Å². The molecule has 0 aliphatic heterocycles. The lowest BCUT2D eigenvalue weighted by atomic mass is 10.3. The Hall–Kier alpha value is -2.13. The quantitative estimate of drug-likeness (QED) is 0.567. The van der Waals surface area contributed by atoms with E-state index in [0.29, 0.717) is 16.2 Å². The van der Waals surface area contributed by atoms with E-state index in [9.17, 15) is 9.59 Å². The van der Waals surface area contributed by atoms with Gasteiger partial charge in [-0.3, -0.25) is 9.36 Å². The second kappa shape index (κ2) is 6.32. The molecule has 0 aliphatic carbocycles. The highest BCUT2D eigenvalue weighted by Crippen LogP contribution is 2.23. The Balaban J connectivity index is 1.67. The molecule has 0 saturated carbocycles. The van der Waals surface area contributed by atoms with Crippen molar-refractivity contribution in [3.8, 4) is 0 Å². The number of nitrogens with zero attached hydrogens (tertiary/aromatic N) is 3. The smallest absolute Gasteiger partial charge is 0.408 e. The first-order valence-corrected chi connectivity index (χ1v) is 8.47. The number of thioether (sulfide) groups is 1. The third-order valence-electron chi connectivity index (χ3n) is 2.96. The number of oxazole rings is 1. The molecule has 3 rings (SSSR count). The van der Waals surface area contributed by atoms with Crippen LogP contribution in [0.3, 0.4) is 0 Å². The van der Waals surface area contributed by atoms with Crippen LogP contribution >= 0.6 is 23.1 Å². The van der Waals surface area contributed by atoms with E-state index in [1.165, 1.54) is 27.7 Å². The molecule has 1 amide bonds. The normalized spacial score (nSPS) is 11.0. The number of aromatic nitrogens is 3. The van der Waals surface area contributed by atoms with E-state index in [2.05, 4.69) is 15.5 Å². The molecule has 1 N–H and O–H groups in total. The van der Waals surface area contributed by atoms with Gasteiger partial charge in [-0.2, -0.15) is 0 Å². The lowest BCUT2D eigenvalue weighted by molar-refractivity contribution is -0.116. The van der Waals surface area contributed by atoms with Crippen LogP contribution in [0.5, 0.6) is 0 Å². The number of aryl methyl sites for hydroxylation is 1. The number of carbonyl (C=O) groups excluding carboxylic acids is 1. The third-order valence-corrected chi connectivity index (χ3v) is 4.78. The van der Waals surface area contributed by atoms with E-state index in [-0.39, 0.29) is 18.9 Å². The minimum Gasteiger partial charge on any atom is -0.408 e. The number of fused-ring (bicyclic) bond motifs is 1. The molecule has 22 heavy (non-hydrogen) atoms. The number of para-hydroxylation sites is 2. The Morgan fingerprint density at radius 1 is 1.41 bits per heavy atom. The van der Waals surface area contributed by atoms with Gasteiger partial charge in [-0.1, -0.05) is 35.2 Å². The maximum absolute atomic E-state index is 11.9. The van der Waals surface area contributed by atoms with Gasteiger partial charge in [-0.15, -0.1) is 10.2 Å². The fourth-order valence-electron chi connectivity index (χ4n) is 1.96. The Bertz CT molecular complexity index is 867. The second-order valence-electron chi connectivity index (χ2n) is 4.36. The minimum absolute atomic E-state index is 0.150. The van der Waals surface area contributed by atoms with Gasteiger partial charge in [0.05, 0.1) is 5.52 Å². The molecule has 2 aromatic heterocycles. The molecular weight excluding hydrogens is 324 g/mol. The summed E-state index contributed by atoms with van der Waals surface area (Å²) in [7, 11) is 0. The van der Waals surface area contributed by atoms with E-state index < -0.39 is 5.76 Å². The predicted octanol–water partition coefficient (Wildman–Crippen LogP) is 2.20. The molecule has 0 aliphatic rings. The van der Waals surface area contributed by atoms with E-state index in [0.717, 1.165) is 4.34 Å². The predicted molar refractivity (Wildman–Crippen MR) is 85.4 cm³/mol. The summed E-state index contributed by atoms with van der Waals surface area (Å²) in [5, 5.41) is 10.9. The Morgan fingerprint density at radius 3 is 3.00 bits per heavy atom. The molecule has 0 radical (unpaired) electrons. The monoisotopic (exact) mass is 336 g/mol. The molecule has 7 nitrogen and oxygen atoms in total. The molecule has 0 unspecified atom stereocenters. The molecule has 0 spiro atoms. The van der Waals surface area contributed by atoms with Gasteiger partial charge in [-0.25, -0.2) is 4.79 Å². The van der Waals surface area contributed by atoms with E-state index in [1.54, 1.807) is 18.2 Å².